The number of nitrogens with zero attached hydrogens (tertiary/aromatic N) is 1. The third kappa shape index (κ3) is 3.93. The predicted octanol–water partition coefficient (Wildman–Crippen LogP) is 2.19. The summed E-state index contributed by atoms with van der Waals surface area (Å²) >= 11 is 0. The Kier molecular flexibility index (Phi) is 5.96. The van der Waals surface area contributed by atoms with Gasteiger partial charge in [0.1, 0.15) is 0 Å². The van der Waals surface area contributed by atoms with Crippen LogP contribution in [0.2, 0.25) is 0 Å². The summed E-state index contributed by atoms with van der Waals surface area (Å²) in [6.45, 7) is 3.26. The van der Waals surface area contributed by atoms with Gasteiger partial charge in [-0.05, 0) is 49.5 Å². The SMILES string of the molecule is COCC1CCN(C(CN)c2ccc(OC)c(F)c2)CC1. The summed E-state index contributed by atoms with van der Waals surface area (Å²) in [4.78, 5) is 2.34. The number of halogens is 1. The van der Waals surface area contributed by atoms with Gasteiger partial charge >= 0.3 is 0 Å². The van der Waals surface area contributed by atoms with Crippen LogP contribution >= 0.6 is 0 Å². The van der Waals surface area contributed by atoms with Crippen molar-refractivity contribution in [1.29, 1.82) is 0 Å². The van der Waals surface area contributed by atoms with Crippen molar-refractivity contribution >= 4 is 0 Å². The van der Waals surface area contributed by atoms with Crippen LogP contribution in [0.3, 0.4) is 0 Å². The Morgan fingerprint density at radius 2 is 2.05 bits per heavy atom. The van der Waals surface area contributed by atoms with Crippen molar-refractivity contribution in [3.63, 3.8) is 0 Å². The van der Waals surface area contributed by atoms with Crippen LogP contribution in [0, 0.1) is 11.7 Å². The smallest absolute Gasteiger partial charge is 0.165 e. The van der Waals surface area contributed by atoms with E-state index in [0.29, 0.717) is 12.5 Å². The lowest BCUT2D eigenvalue weighted by Crippen LogP contribution is -2.40. The van der Waals surface area contributed by atoms with Gasteiger partial charge < -0.3 is 15.2 Å². The molecule has 0 saturated carbocycles. The highest BCUT2D eigenvalue weighted by molar-refractivity contribution is 5.31. The molecule has 2 rings (SSSR count). The molecule has 0 spiro atoms. The highest BCUT2D eigenvalue weighted by atomic mass is 19.1. The molecule has 0 aliphatic carbocycles. The Morgan fingerprint density at radius 1 is 1.33 bits per heavy atom. The van der Waals surface area contributed by atoms with Crippen LogP contribution in [0.1, 0.15) is 24.4 Å². The molecule has 2 N–H and O–H groups in total. The average molecular weight is 296 g/mol. The maximum absolute atomic E-state index is 13.9. The van der Waals surface area contributed by atoms with E-state index in [-0.39, 0.29) is 17.6 Å². The Hall–Kier alpha value is -1.17. The zero-order valence-electron chi connectivity index (χ0n) is 12.8. The second-order valence-corrected chi connectivity index (χ2v) is 5.58. The molecule has 1 aromatic carbocycles. The summed E-state index contributed by atoms with van der Waals surface area (Å²) in [5, 5.41) is 0. The Balaban J connectivity index is 2.05. The first kappa shape index (κ1) is 16.2. The quantitative estimate of drug-likeness (QED) is 0.874. The third-order valence-electron chi connectivity index (χ3n) is 4.28. The van der Waals surface area contributed by atoms with Crippen LogP contribution in [0.15, 0.2) is 18.2 Å². The summed E-state index contributed by atoms with van der Waals surface area (Å²) < 4.78 is 24.1. The van der Waals surface area contributed by atoms with E-state index in [4.69, 9.17) is 15.2 Å². The molecule has 21 heavy (non-hydrogen) atoms. The fraction of sp³-hybridized carbons (Fsp3) is 0.625. The lowest BCUT2D eigenvalue weighted by Gasteiger charge is -2.37. The molecule has 1 unspecified atom stereocenters. The molecule has 1 heterocycles. The van der Waals surface area contributed by atoms with Crippen molar-refractivity contribution in [3.05, 3.63) is 29.6 Å². The molecular formula is C16H25FN2O2. The minimum Gasteiger partial charge on any atom is -0.494 e. The van der Waals surface area contributed by atoms with E-state index in [1.165, 1.54) is 13.2 Å². The minimum atomic E-state index is -0.331. The molecule has 0 amide bonds. The fourth-order valence-electron chi connectivity index (χ4n) is 3.05. The number of hydrogen-bond acceptors (Lipinski definition) is 4. The van der Waals surface area contributed by atoms with Gasteiger partial charge in [0.25, 0.3) is 0 Å². The van der Waals surface area contributed by atoms with Gasteiger partial charge in [0.15, 0.2) is 11.6 Å². The summed E-state index contributed by atoms with van der Waals surface area (Å²) in [5.74, 6) is 0.563. The van der Waals surface area contributed by atoms with Crippen molar-refractivity contribution < 1.29 is 13.9 Å². The van der Waals surface area contributed by atoms with Gasteiger partial charge in [0.05, 0.1) is 7.11 Å². The largest absolute Gasteiger partial charge is 0.494 e. The second-order valence-electron chi connectivity index (χ2n) is 5.58. The first-order valence-corrected chi connectivity index (χ1v) is 7.46. The topological polar surface area (TPSA) is 47.7 Å². The Bertz CT molecular complexity index is 448. The van der Waals surface area contributed by atoms with Gasteiger partial charge in [0, 0.05) is 26.3 Å². The number of nitrogens with two attached hydrogens (primary N) is 1. The monoisotopic (exact) mass is 296 g/mol. The molecule has 1 aliphatic heterocycles. The summed E-state index contributed by atoms with van der Waals surface area (Å²) in [7, 11) is 3.22. The number of piperidine rings is 1. The van der Waals surface area contributed by atoms with Gasteiger partial charge in [-0.3, -0.25) is 4.90 Å². The first-order valence-electron chi connectivity index (χ1n) is 7.46. The van der Waals surface area contributed by atoms with E-state index in [2.05, 4.69) is 4.90 Å². The zero-order chi connectivity index (χ0) is 15.2. The molecule has 5 heteroatoms. The van der Waals surface area contributed by atoms with Crippen LogP contribution in [0.5, 0.6) is 5.75 Å². The summed E-state index contributed by atoms with van der Waals surface area (Å²) in [6.07, 6.45) is 2.20. The molecule has 1 atom stereocenters. The lowest BCUT2D eigenvalue weighted by atomic mass is 9.94. The minimum absolute atomic E-state index is 0.0638. The van der Waals surface area contributed by atoms with E-state index in [0.717, 1.165) is 38.1 Å². The molecule has 0 radical (unpaired) electrons. The molecule has 1 saturated heterocycles. The predicted molar refractivity (Wildman–Crippen MR) is 80.9 cm³/mol. The molecule has 1 fully saturated rings. The van der Waals surface area contributed by atoms with Gasteiger partial charge in [0.2, 0.25) is 0 Å². The molecule has 1 aromatic rings. The normalized spacial score (nSPS) is 18.7. The summed E-state index contributed by atoms with van der Waals surface area (Å²) in [6, 6.07) is 5.18. The van der Waals surface area contributed by atoms with Crippen LogP contribution in [-0.4, -0.2) is 45.4 Å². The van der Waals surface area contributed by atoms with Gasteiger partial charge in [-0.15, -0.1) is 0 Å². The van der Waals surface area contributed by atoms with Crippen LogP contribution in [-0.2, 0) is 4.74 Å². The zero-order valence-corrected chi connectivity index (χ0v) is 12.8. The first-order chi connectivity index (χ1) is 10.2. The van der Waals surface area contributed by atoms with Crippen molar-refractivity contribution in [2.24, 2.45) is 11.7 Å². The van der Waals surface area contributed by atoms with Gasteiger partial charge in [-0.25, -0.2) is 4.39 Å². The number of likely N-dealkylation sites (tertiary alicyclic amines) is 1. The van der Waals surface area contributed by atoms with Crippen LogP contribution in [0.25, 0.3) is 0 Å². The highest BCUT2D eigenvalue weighted by Crippen LogP contribution is 2.28. The number of benzene rings is 1. The van der Waals surface area contributed by atoms with E-state index in [1.807, 2.05) is 6.07 Å². The standard InChI is InChI=1S/C16H25FN2O2/c1-20-11-12-5-7-19(8-6-12)15(10-18)13-3-4-16(21-2)14(17)9-13/h3-4,9,12,15H,5-8,10-11,18H2,1-2H3. The molecule has 0 aromatic heterocycles. The molecule has 118 valence electrons. The lowest BCUT2D eigenvalue weighted by molar-refractivity contribution is 0.0809. The highest BCUT2D eigenvalue weighted by Gasteiger charge is 2.25. The van der Waals surface area contributed by atoms with E-state index in [9.17, 15) is 4.39 Å². The number of methoxy groups -OCH3 is 2. The summed E-state index contributed by atoms with van der Waals surface area (Å²) in [5.41, 5.74) is 6.85. The molecule has 0 bridgehead atoms. The maximum Gasteiger partial charge on any atom is 0.165 e. The second kappa shape index (κ2) is 7.73. The number of hydrogen-bond donors (Lipinski definition) is 1. The maximum atomic E-state index is 13.9. The number of rotatable bonds is 6. The van der Waals surface area contributed by atoms with Crippen molar-refractivity contribution in [1.82, 2.24) is 4.90 Å². The van der Waals surface area contributed by atoms with E-state index in [1.54, 1.807) is 13.2 Å². The average Bonchev–Trinajstić information content (AvgIpc) is 2.50. The van der Waals surface area contributed by atoms with E-state index < -0.39 is 0 Å². The van der Waals surface area contributed by atoms with Gasteiger partial charge in [-0.1, -0.05) is 6.07 Å². The van der Waals surface area contributed by atoms with Crippen molar-refractivity contribution in [2.45, 2.75) is 18.9 Å². The van der Waals surface area contributed by atoms with Crippen LogP contribution in [0.4, 0.5) is 4.39 Å². The van der Waals surface area contributed by atoms with Crippen molar-refractivity contribution in [2.75, 3.05) is 40.5 Å². The van der Waals surface area contributed by atoms with Crippen LogP contribution < -0.4 is 10.5 Å². The number of ether oxygens (including phenoxy) is 2. The Morgan fingerprint density at radius 3 is 2.57 bits per heavy atom. The third-order valence-corrected chi connectivity index (χ3v) is 4.28. The van der Waals surface area contributed by atoms with E-state index >= 15 is 0 Å². The Labute approximate surface area is 126 Å². The van der Waals surface area contributed by atoms with Gasteiger partial charge in [-0.2, -0.15) is 0 Å². The van der Waals surface area contributed by atoms with Crippen molar-refractivity contribution in [3.8, 4) is 5.75 Å². The fourth-order valence-corrected chi connectivity index (χ4v) is 3.05. The molecule has 4 nitrogen and oxygen atoms in total. The molecule has 1 aliphatic rings. The molecular weight excluding hydrogens is 271 g/mol.